The molecule has 152 valence electrons. The van der Waals surface area contributed by atoms with Gasteiger partial charge in [0.2, 0.25) is 5.91 Å². The fraction of sp³-hybridized carbons (Fsp3) is 0.391. The van der Waals surface area contributed by atoms with Gasteiger partial charge < -0.3 is 5.32 Å². The van der Waals surface area contributed by atoms with Gasteiger partial charge in [-0.3, -0.25) is 15.0 Å². The zero-order chi connectivity index (χ0) is 20.4. The van der Waals surface area contributed by atoms with Gasteiger partial charge in [0.15, 0.2) is 0 Å². The van der Waals surface area contributed by atoms with Crippen molar-refractivity contribution in [3.05, 3.63) is 64.2 Å². The maximum atomic E-state index is 12.7. The van der Waals surface area contributed by atoms with Crippen LogP contribution in [0.5, 0.6) is 0 Å². The summed E-state index contributed by atoms with van der Waals surface area (Å²) in [7, 11) is 0. The van der Waals surface area contributed by atoms with Crippen LogP contribution in [-0.4, -0.2) is 17.9 Å². The molecule has 3 unspecified atom stereocenters. The lowest BCUT2D eigenvalue weighted by atomic mass is 9.72. The van der Waals surface area contributed by atoms with E-state index in [1.165, 1.54) is 6.42 Å². The molecule has 2 fully saturated rings. The van der Waals surface area contributed by atoms with E-state index >= 15 is 0 Å². The molecule has 2 aromatic carbocycles. The highest BCUT2D eigenvalue weighted by Crippen LogP contribution is 2.35. The lowest BCUT2D eigenvalue weighted by molar-refractivity contribution is -0.133. The summed E-state index contributed by atoms with van der Waals surface area (Å²) in [6.45, 7) is 1.91. The lowest BCUT2D eigenvalue weighted by Crippen LogP contribution is -2.60. The van der Waals surface area contributed by atoms with Crippen LogP contribution in [-0.2, 0) is 11.2 Å². The fourth-order valence-corrected chi connectivity index (χ4v) is 4.67. The van der Waals surface area contributed by atoms with Gasteiger partial charge in [0.1, 0.15) is 0 Å². The molecule has 0 spiro atoms. The summed E-state index contributed by atoms with van der Waals surface area (Å²) in [5.41, 5.74) is 9.41. The van der Waals surface area contributed by atoms with Crippen molar-refractivity contribution in [3.8, 4) is 0 Å². The van der Waals surface area contributed by atoms with Crippen LogP contribution in [0.3, 0.4) is 0 Å². The van der Waals surface area contributed by atoms with E-state index in [1.807, 2.05) is 37.3 Å². The third kappa shape index (κ3) is 4.46. The molecule has 0 aromatic heterocycles. The van der Waals surface area contributed by atoms with Crippen molar-refractivity contribution in [2.24, 2.45) is 11.8 Å². The molecule has 3 N–H and O–H groups in total. The van der Waals surface area contributed by atoms with Gasteiger partial charge in [0, 0.05) is 28.2 Å². The smallest absolute Gasteiger partial charge is 0.255 e. The Kier molecular flexibility index (Phi) is 5.88. The van der Waals surface area contributed by atoms with Crippen LogP contribution in [0.1, 0.15) is 47.2 Å². The molecule has 0 radical (unpaired) electrons. The number of nitrogens with one attached hydrogen (secondary N) is 3. The highest BCUT2D eigenvalue weighted by Gasteiger charge is 2.39. The average molecular weight is 412 g/mol. The van der Waals surface area contributed by atoms with E-state index in [0.717, 1.165) is 42.5 Å². The van der Waals surface area contributed by atoms with Crippen molar-refractivity contribution >= 4 is 29.1 Å². The number of carbonyl (C=O) groups is 2. The van der Waals surface area contributed by atoms with Gasteiger partial charge in [-0.05, 0) is 73.6 Å². The number of aryl methyl sites for hydroxylation is 1. The van der Waals surface area contributed by atoms with Crippen molar-refractivity contribution in [2.75, 3.05) is 5.32 Å². The summed E-state index contributed by atoms with van der Waals surface area (Å²) in [4.78, 5) is 24.9. The Morgan fingerprint density at radius 2 is 2.00 bits per heavy atom. The predicted molar refractivity (Wildman–Crippen MR) is 115 cm³/mol. The highest BCUT2D eigenvalue weighted by molar-refractivity contribution is 6.31. The molecular weight excluding hydrogens is 386 g/mol. The predicted octanol–water partition coefficient (Wildman–Crippen LogP) is 4.25. The Hall–Kier alpha value is -2.37. The van der Waals surface area contributed by atoms with Gasteiger partial charge in [0.25, 0.3) is 5.91 Å². The monoisotopic (exact) mass is 411 g/mol. The molecule has 2 aliphatic rings. The second-order valence-corrected chi connectivity index (χ2v) is 8.52. The van der Waals surface area contributed by atoms with Gasteiger partial charge in [-0.2, -0.15) is 0 Å². The van der Waals surface area contributed by atoms with Crippen molar-refractivity contribution < 1.29 is 9.59 Å². The largest absolute Gasteiger partial charge is 0.322 e. The van der Waals surface area contributed by atoms with E-state index in [4.69, 9.17) is 11.6 Å². The number of amides is 2. The number of fused-ring (bicyclic) bond motifs is 1. The minimum absolute atomic E-state index is 0.106. The Morgan fingerprint density at radius 3 is 2.83 bits per heavy atom. The number of benzene rings is 2. The summed E-state index contributed by atoms with van der Waals surface area (Å²) in [6.07, 6.45) is 5.13. The van der Waals surface area contributed by atoms with Crippen molar-refractivity contribution in [1.82, 2.24) is 10.9 Å². The summed E-state index contributed by atoms with van der Waals surface area (Å²) >= 11 is 6.06. The molecule has 0 bridgehead atoms. The second-order valence-electron chi connectivity index (χ2n) is 8.12. The topological polar surface area (TPSA) is 70.2 Å². The van der Waals surface area contributed by atoms with Gasteiger partial charge in [-0.25, -0.2) is 5.43 Å². The molecule has 1 aliphatic heterocycles. The van der Waals surface area contributed by atoms with Crippen LogP contribution in [0.2, 0.25) is 5.02 Å². The number of carbonyl (C=O) groups excluding carboxylic acids is 2. The molecule has 5 nitrogen and oxygen atoms in total. The van der Waals surface area contributed by atoms with Crippen LogP contribution >= 0.6 is 11.6 Å². The Balaban J connectivity index is 1.46. The third-order valence-electron chi connectivity index (χ3n) is 6.11. The maximum absolute atomic E-state index is 12.7. The minimum Gasteiger partial charge on any atom is -0.322 e. The van der Waals surface area contributed by atoms with E-state index < -0.39 is 0 Å². The number of halogens is 1. The summed E-state index contributed by atoms with van der Waals surface area (Å²) < 4.78 is 0. The first kappa shape index (κ1) is 19.9. The molecule has 4 rings (SSSR count). The molecule has 29 heavy (non-hydrogen) atoms. The molecule has 1 saturated heterocycles. The number of rotatable bonds is 4. The minimum atomic E-state index is -0.144. The molecule has 2 amide bonds. The standard InChI is InChI=1S/C23H26ClN3O2/c1-14-11-17(9-10-20(14)24)25-22(28)16-6-4-5-15(12-16)13-21-18-7-2-3-8-19(18)23(29)27-26-21/h4-6,9-12,18-19,21,26H,2-3,7-8,13H2,1H3,(H,25,28)(H,27,29). The second kappa shape index (κ2) is 8.56. The number of hydrazine groups is 1. The van der Waals surface area contributed by atoms with Crippen LogP contribution in [0.15, 0.2) is 42.5 Å². The van der Waals surface area contributed by atoms with Gasteiger partial charge >= 0.3 is 0 Å². The van der Waals surface area contributed by atoms with Crippen LogP contribution in [0, 0.1) is 18.8 Å². The van der Waals surface area contributed by atoms with Crippen molar-refractivity contribution in [2.45, 2.75) is 45.1 Å². The first-order valence-corrected chi connectivity index (χ1v) is 10.6. The summed E-state index contributed by atoms with van der Waals surface area (Å²) in [5.74, 6) is 0.438. The highest BCUT2D eigenvalue weighted by atomic mass is 35.5. The molecular formula is C23H26ClN3O2. The van der Waals surface area contributed by atoms with E-state index in [1.54, 1.807) is 12.1 Å². The molecule has 1 saturated carbocycles. The van der Waals surface area contributed by atoms with Gasteiger partial charge in [-0.15, -0.1) is 0 Å². The third-order valence-corrected chi connectivity index (χ3v) is 6.54. The molecule has 2 aromatic rings. The number of anilines is 1. The Labute approximate surface area is 176 Å². The SMILES string of the molecule is Cc1cc(NC(=O)c2cccc(CC3NNC(=O)C4CCCCC34)c2)ccc1Cl. The summed E-state index contributed by atoms with van der Waals surface area (Å²) in [6, 6.07) is 13.4. The van der Waals surface area contributed by atoms with Crippen molar-refractivity contribution in [1.29, 1.82) is 0 Å². The molecule has 6 heteroatoms. The summed E-state index contributed by atoms with van der Waals surface area (Å²) in [5, 5.41) is 3.62. The van der Waals surface area contributed by atoms with E-state index in [2.05, 4.69) is 16.2 Å². The first-order chi connectivity index (χ1) is 14.0. The lowest BCUT2D eigenvalue weighted by Gasteiger charge is -2.41. The van der Waals surface area contributed by atoms with E-state index in [0.29, 0.717) is 16.5 Å². The van der Waals surface area contributed by atoms with Gasteiger partial charge in [0.05, 0.1) is 0 Å². The fourth-order valence-electron chi connectivity index (χ4n) is 4.55. The zero-order valence-corrected chi connectivity index (χ0v) is 17.3. The van der Waals surface area contributed by atoms with Crippen LogP contribution in [0.4, 0.5) is 5.69 Å². The van der Waals surface area contributed by atoms with E-state index in [9.17, 15) is 9.59 Å². The van der Waals surface area contributed by atoms with Crippen LogP contribution in [0.25, 0.3) is 0 Å². The number of hydrogen-bond donors (Lipinski definition) is 3. The molecule has 1 heterocycles. The van der Waals surface area contributed by atoms with Crippen LogP contribution < -0.4 is 16.2 Å². The number of hydrogen-bond acceptors (Lipinski definition) is 3. The first-order valence-electron chi connectivity index (χ1n) is 10.2. The maximum Gasteiger partial charge on any atom is 0.255 e. The van der Waals surface area contributed by atoms with Crippen molar-refractivity contribution in [3.63, 3.8) is 0 Å². The normalized spacial score (nSPS) is 23.8. The molecule has 3 atom stereocenters. The zero-order valence-electron chi connectivity index (χ0n) is 16.5. The van der Waals surface area contributed by atoms with Gasteiger partial charge in [-0.1, -0.05) is 36.6 Å². The average Bonchev–Trinajstić information content (AvgIpc) is 2.73. The molecule has 1 aliphatic carbocycles. The Bertz CT molecular complexity index is 930. The quantitative estimate of drug-likeness (QED) is 0.704. The Morgan fingerprint density at radius 1 is 1.17 bits per heavy atom. The van der Waals surface area contributed by atoms with E-state index in [-0.39, 0.29) is 23.8 Å².